The average Bonchev–Trinajstić information content (AvgIpc) is 2.72. The third-order valence-electron chi connectivity index (χ3n) is 4.52. The van der Waals surface area contributed by atoms with E-state index >= 15 is 0 Å². The molecule has 1 saturated heterocycles. The lowest BCUT2D eigenvalue weighted by Gasteiger charge is -2.32. The van der Waals surface area contributed by atoms with Crippen LogP contribution in [0.25, 0.3) is 12.2 Å². The van der Waals surface area contributed by atoms with Gasteiger partial charge >= 0.3 is 12.1 Å². The first kappa shape index (κ1) is 23.3. The molecule has 0 amide bonds. The van der Waals surface area contributed by atoms with Gasteiger partial charge in [0.05, 0.1) is 6.20 Å². The minimum atomic E-state index is -5.08. The number of likely N-dealkylation sites (N-methyl/N-ethyl adjacent to an activating group) is 1. The van der Waals surface area contributed by atoms with Gasteiger partial charge in [0, 0.05) is 24.6 Å². The minimum Gasteiger partial charge on any atom is -0.490 e. The molecule has 2 aromatic rings. The van der Waals surface area contributed by atoms with Crippen LogP contribution >= 0.6 is 0 Å². The van der Waals surface area contributed by atoms with E-state index in [0.29, 0.717) is 6.04 Å². The Morgan fingerprint density at radius 3 is 2.50 bits per heavy atom. The third kappa shape index (κ3) is 8.20. The first-order valence-corrected chi connectivity index (χ1v) is 9.42. The molecule has 0 radical (unpaired) electrons. The number of alkyl halides is 3. The number of halogens is 3. The zero-order valence-corrected chi connectivity index (χ0v) is 16.5. The van der Waals surface area contributed by atoms with E-state index in [2.05, 4.69) is 28.0 Å². The van der Waals surface area contributed by atoms with Crippen LogP contribution in [0.2, 0.25) is 0 Å². The van der Waals surface area contributed by atoms with Gasteiger partial charge in [-0.15, -0.1) is 0 Å². The molecule has 0 aromatic carbocycles. The first-order valence-electron chi connectivity index (χ1n) is 9.42. The van der Waals surface area contributed by atoms with Crippen LogP contribution in [-0.4, -0.2) is 58.4 Å². The molecule has 1 unspecified atom stereocenters. The SMILES string of the molecule is CN1CCCCC1COc1cncc(C=Cc2ccncc2)c1.O=C(O)C(F)(F)F. The quantitative estimate of drug-likeness (QED) is 0.779. The molecule has 30 heavy (non-hydrogen) atoms. The fourth-order valence-electron chi connectivity index (χ4n) is 2.82. The van der Waals surface area contributed by atoms with Crippen molar-refractivity contribution in [1.82, 2.24) is 14.9 Å². The fraction of sp³-hybridized carbons (Fsp3) is 0.381. The fourth-order valence-corrected chi connectivity index (χ4v) is 2.82. The van der Waals surface area contributed by atoms with Gasteiger partial charge in [-0.25, -0.2) is 4.79 Å². The highest BCUT2D eigenvalue weighted by molar-refractivity contribution is 5.73. The van der Waals surface area contributed by atoms with Crippen molar-refractivity contribution in [1.29, 1.82) is 0 Å². The second-order valence-corrected chi connectivity index (χ2v) is 6.81. The Kier molecular flexibility index (Phi) is 8.79. The summed E-state index contributed by atoms with van der Waals surface area (Å²) in [6.07, 6.45) is 10.0. The summed E-state index contributed by atoms with van der Waals surface area (Å²) < 4.78 is 37.7. The maximum Gasteiger partial charge on any atom is 0.490 e. The molecule has 0 spiro atoms. The predicted octanol–water partition coefficient (Wildman–Crippen LogP) is 4.14. The van der Waals surface area contributed by atoms with E-state index in [9.17, 15) is 13.2 Å². The molecule has 0 saturated carbocycles. The number of nitrogens with zero attached hydrogens (tertiary/aromatic N) is 3. The second kappa shape index (κ2) is 11.3. The van der Waals surface area contributed by atoms with Crippen molar-refractivity contribution < 1.29 is 27.8 Å². The molecule has 9 heteroatoms. The number of rotatable bonds is 5. The Hall–Kier alpha value is -2.94. The Balaban J connectivity index is 0.000000396. The highest BCUT2D eigenvalue weighted by Gasteiger charge is 2.38. The molecular formula is C21H24F3N3O3. The molecule has 1 aliphatic heterocycles. The van der Waals surface area contributed by atoms with Gasteiger partial charge in [-0.3, -0.25) is 9.97 Å². The van der Waals surface area contributed by atoms with E-state index in [-0.39, 0.29) is 0 Å². The largest absolute Gasteiger partial charge is 0.490 e. The number of hydrogen-bond donors (Lipinski definition) is 1. The van der Waals surface area contributed by atoms with Gasteiger partial charge in [0.15, 0.2) is 0 Å². The number of carboxylic acid groups (broad SMARTS) is 1. The van der Waals surface area contributed by atoms with Crippen LogP contribution in [0.4, 0.5) is 13.2 Å². The van der Waals surface area contributed by atoms with Crippen LogP contribution in [0, 0.1) is 0 Å². The number of likely N-dealkylation sites (tertiary alicyclic amines) is 1. The lowest BCUT2D eigenvalue weighted by Crippen LogP contribution is -2.40. The van der Waals surface area contributed by atoms with Crippen molar-refractivity contribution in [3.63, 3.8) is 0 Å². The lowest BCUT2D eigenvalue weighted by atomic mass is 10.0. The summed E-state index contributed by atoms with van der Waals surface area (Å²) in [5.41, 5.74) is 2.16. The van der Waals surface area contributed by atoms with Crippen LogP contribution in [-0.2, 0) is 4.79 Å². The molecule has 0 bridgehead atoms. The summed E-state index contributed by atoms with van der Waals surface area (Å²) >= 11 is 0. The van der Waals surface area contributed by atoms with Crippen molar-refractivity contribution in [2.24, 2.45) is 0 Å². The van der Waals surface area contributed by atoms with Gasteiger partial charge in [0.2, 0.25) is 0 Å². The van der Waals surface area contributed by atoms with Gasteiger partial charge in [-0.1, -0.05) is 18.6 Å². The monoisotopic (exact) mass is 423 g/mol. The van der Waals surface area contributed by atoms with E-state index in [1.807, 2.05) is 30.5 Å². The summed E-state index contributed by atoms with van der Waals surface area (Å²) in [7, 11) is 2.18. The Bertz CT molecular complexity index is 829. The van der Waals surface area contributed by atoms with Gasteiger partial charge in [-0.2, -0.15) is 13.2 Å². The average molecular weight is 423 g/mol. The highest BCUT2D eigenvalue weighted by atomic mass is 19.4. The number of carboxylic acids is 1. The van der Waals surface area contributed by atoms with E-state index < -0.39 is 12.1 Å². The molecule has 3 heterocycles. The number of carbonyl (C=O) groups is 1. The standard InChI is InChI=1S/C19H23N3O.C2HF3O2/c1-22-11-3-2-4-18(22)15-23-19-12-17(13-21-14-19)6-5-16-7-9-20-10-8-16;3-2(4,5)1(6)7/h5-10,12-14,18H,2-4,11,15H2,1H3;(H,6,7). The van der Waals surface area contributed by atoms with Crippen molar-refractivity contribution in [3.05, 3.63) is 54.1 Å². The number of aromatic nitrogens is 2. The molecule has 1 aliphatic rings. The zero-order valence-electron chi connectivity index (χ0n) is 16.5. The molecule has 6 nitrogen and oxygen atoms in total. The number of piperidine rings is 1. The summed E-state index contributed by atoms with van der Waals surface area (Å²) in [4.78, 5) is 19.6. The smallest absolute Gasteiger partial charge is 0.490 e. The Morgan fingerprint density at radius 2 is 1.87 bits per heavy atom. The van der Waals surface area contributed by atoms with Gasteiger partial charge in [0.1, 0.15) is 12.4 Å². The molecule has 1 fully saturated rings. The zero-order chi connectivity index (χ0) is 22.0. The number of aliphatic carboxylic acids is 1. The van der Waals surface area contributed by atoms with E-state index in [4.69, 9.17) is 14.6 Å². The van der Waals surface area contributed by atoms with Crippen LogP contribution < -0.4 is 4.74 Å². The Morgan fingerprint density at radius 1 is 1.20 bits per heavy atom. The van der Waals surface area contributed by atoms with E-state index in [0.717, 1.165) is 23.5 Å². The molecule has 2 aromatic heterocycles. The molecule has 1 atom stereocenters. The lowest BCUT2D eigenvalue weighted by molar-refractivity contribution is -0.192. The number of ether oxygens (including phenoxy) is 1. The van der Waals surface area contributed by atoms with Crippen molar-refractivity contribution in [2.45, 2.75) is 31.5 Å². The van der Waals surface area contributed by atoms with Crippen molar-refractivity contribution >= 4 is 18.1 Å². The summed E-state index contributed by atoms with van der Waals surface area (Å²) in [6.45, 7) is 1.90. The summed E-state index contributed by atoms with van der Waals surface area (Å²) in [6, 6.07) is 6.50. The molecule has 0 aliphatic carbocycles. The first-order chi connectivity index (χ1) is 14.3. The van der Waals surface area contributed by atoms with Crippen LogP contribution in [0.1, 0.15) is 30.4 Å². The van der Waals surface area contributed by atoms with E-state index in [1.165, 1.54) is 25.8 Å². The molecular weight excluding hydrogens is 399 g/mol. The van der Waals surface area contributed by atoms with Crippen LogP contribution in [0.3, 0.4) is 0 Å². The normalized spacial score (nSPS) is 17.3. The van der Waals surface area contributed by atoms with Gasteiger partial charge < -0.3 is 14.7 Å². The van der Waals surface area contributed by atoms with Crippen LogP contribution in [0.5, 0.6) is 5.75 Å². The minimum absolute atomic E-state index is 0.514. The Labute approximate surface area is 173 Å². The molecule has 1 N–H and O–H groups in total. The third-order valence-corrected chi connectivity index (χ3v) is 4.52. The van der Waals surface area contributed by atoms with Crippen LogP contribution in [0.15, 0.2) is 43.0 Å². The van der Waals surface area contributed by atoms with Gasteiger partial charge in [-0.05, 0) is 55.8 Å². The van der Waals surface area contributed by atoms with Gasteiger partial charge in [0.25, 0.3) is 0 Å². The number of hydrogen-bond acceptors (Lipinski definition) is 5. The topological polar surface area (TPSA) is 75.5 Å². The number of pyridine rings is 2. The van der Waals surface area contributed by atoms with Crippen molar-refractivity contribution in [3.8, 4) is 5.75 Å². The summed E-state index contributed by atoms with van der Waals surface area (Å²) in [5, 5.41) is 7.12. The highest BCUT2D eigenvalue weighted by Crippen LogP contribution is 2.18. The molecule has 162 valence electrons. The predicted molar refractivity (Wildman–Crippen MR) is 107 cm³/mol. The van der Waals surface area contributed by atoms with Crippen molar-refractivity contribution in [2.75, 3.05) is 20.2 Å². The maximum absolute atomic E-state index is 10.6. The summed E-state index contributed by atoms with van der Waals surface area (Å²) in [5.74, 6) is -1.92. The second-order valence-electron chi connectivity index (χ2n) is 6.81. The van der Waals surface area contributed by atoms with E-state index in [1.54, 1.807) is 18.6 Å². The molecule has 3 rings (SSSR count). The maximum atomic E-state index is 10.6.